The van der Waals surface area contributed by atoms with Gasteiger partial charge in [0.2, 0.25) is 11.0 Å². The van der Waals surface area contributed by atoms with Gasteiger partial charge in [0.15, 0.2) is 4.34 Å². The van der Waals surface area contributed by atoms with Gasteiger partial charge in [-0.15, -0.1) is 10.2 Å². The molecule has 2 N–H and O–H groups in total. The van der Waals surface area contributed by atoms with Crippen molar-refractivity contribution in [1.82, 2.24) is 15.5 Å². The maximum atomic E-state index is 12.6. The number of aryl methyl sites for hydroxylation is 1. The van der Waals surface area contributed by atoms with E-state index in [9.17, 15) is 9.59 Å². The van der Waals surface area contributed by atoms with Gasteiger partial charge in [-0.25, -0.2) is 0 Å². The molecule has 2 rings (SSSR count). The van der Waals surface area contributed by atoms with Gasteiger partial charge in [0.25, 0.3) is 5.91 Å². The van der Waals surface area contributed by atoms with Gasteiger partial charge in [0.1, 0.15) is 6.04 Å². The van der Waals surface area contributed by atoms with E-state index in [1.165, 1.54) is 11.3 Å². The molecule has 0 radical (unpaired) electrons. The van der Waals surface area contributed by atoms with E-state index in [1.807, 2.05) is 39.8 Å². The molecule has 2 aromatic rings. The summed E-state index contributed by atoms with van der Waals surface area (Å²) in [4.78, 5) is 25.0. The summed E-state index contributed by atoms with van der Waals surface area (Å²) < 4.78 is 0.808. The Balaban J connectivity index is 2.05. The maximum Gasteiger partial charge on any atom is 0.251 e. The second-order valence-corrected chi connectivity index (χ2v) is 8.35. The van der Waals surface area contributed by atoms with Crippen molar-refractivity contribution >= 4 is 40.0 Å². The minimum Gasteiger partial charge on any atom is -0.340 e. The number of rotatable bonds is 7. The Morgan fingerprint density at radius 1 is 1.28 bits per heavy atom. The van der Waals surface area contributed by atoms with E-state index in [0.717, 1.165) is 15.7 Å². The van der Waals surface area contributed by atoms with Crippen molar-refractivity contribution in [2.45, 2.75) is 38.1 Å². The Labute approximate surface area is 155 Å². The zero-order chi connectivity index (χ0) is 18.4. The maximum absolute atomic E-state index is 12.6. The number of carbonyl (C=O) groups is 2. The molecule has 134 valence electrons. The average molecular weight is 379 g/mol. The number of aromatic nitrogens is 2. The third-order valence-electron chi connectivity index (χ3n) is 3.42. The lowest BCUT2D eigenvalue weighted by Gasteiger charge is -2.21. The number of carbonyl (C=O) groups excluding carboxylic acids is 2. The van der Waals surface area contributed by atoms with E-state index in [-0.39, 0.29) is 17.7 Å². The first-order valence-electron chi connectivity index (χ1n) is 8.05. The predicted molar refractivity (Wildman–Crippen MR) is 102 cm³/mol. The monoisotopic (exact) mass is 378 g/mol. The van der Waals surface area contributed by atoms with Crippen LogP contribution in [0.4, 0.5) is 5.13 Å². The van der Waals surface area contributed by atoms with Gasteiger partial charge in [-0.2, -0.15) is 0 Å². The normalized spacial score (nSPS) is 12.0. The van der Waals surface area contributed by atoms with E-state index < -0.39 is 6.04 Å². The molecule has 25 heavy (non-hydrogen) atoms. The fourth-order valence-corrected chi connectivity index (χ4v) is 3.82. The number of amides is 2. The number of anilines is 1. The molecule has 0 aliphatic carbocycles. The lowest BCUT2D eigenvalue weighted by molar-refractivity contribution is -0.118. The van der Waals surface area contributed by atoms with Gasteiger partial charge in [-0.1, -0.05) is 61.6 Å². The van der Waals surface area contributed by atoms with Crippen molar-refractivity contribution in [3.63, 3.8) is 0 Å². The molecule has 2 amide bonds. The largest absolute Gasteiger partial charge is 0.340 e. The van der Waals surface area contributed by atoms with E-state index in [1.54, 1.807) is 23.9 Å². The Kier molecular flexibility index (Phi) is 6.95. The lowest BCUT2D eigenvalue weighted by Crippen LogP contribution is -2.47. The van der Waals surface area contributed by atoms with Gasteiger partial charge in [-0.3, -0.25) is 14.9 Å². The first kappa shape index (κ1) is 19.4. The molecular weight excluding hydrogens is 356 g/mol. The molecule has 8 heteroatoms. The van der Waals surface area contributed by atoms with Gasteiger partial charge in [-0.05, 0) is 30.7 Å². The number of nitrogens with zero attached hydrogens (tertiary/aromatic N) is 2. The standard InChI is InChI=1S/C17H22N4O2S2/c1-5-24-17-21-20-16(25-17)19-15(23)13(10(2)3)18-14(22)12-8-6-7-11(4)9-12/h6-10,13H,5H2,1-4H3,(H,18,22)(H,19,20,23). The Morgan fingerprint density at radius 3 is 2.68 bits per heavy atom. The lowest BCUT2D eigenvalue weighted by atomic mass is 10.0. The van der Waals surface area contributed by atoms with Crippen LogP contribution in [0.25, 0.3) is 0 Å². The van der Waals surface area contributed by atoms with E-state index >= 15 is 0 Å². The average Bonchev–Trinajstić information content (AvgIpc) is 2.99. The first-order chi connectivity index (χ1) is 11.9. The number of nitrogens with one attached hydrogen (secondary N) is 2. The smallest absolute Gasteiger partial charge is 0.251 e. The highest BCUT2D eigenvalue weighted by Crippen LogP contribution is 2.25. The molecular formula is C17H22N4O2S2. The van der Waals surface area contributed by atoms with Gasteiger partial charge in [0.05, 0.1) is 0 Å². The summed E-state index contributed by atoms with van der Waals surface area (Å²) in [5, 5.41) is 14.0. The second kappa shape index (κ2) is 8.96. The van der Waals surface area contributed by atoms with Crippen molar-refractivity contribution in [3.05, 3.63) is 35.4 Å². The predicted octanol–water partition coefficient (Wildman–Crippen LogP) is 3.35. The van der Waals surface area contributed by atoms with Crippen molar-refractivity contribution < 1.29 is 9.59 Å². The van der Waals surface area contributed by atoms with Crippen LogP contribution in [0.15, 0.2) is 28.6 Å². The van der Waals surface area contributed by atoms with Crippen LogP contribution in [0.1, 0.15) is 36.7 Å². The van der Waals surface area contributed by atoms with Crippen molar-refractivity contribution in [2.75, 3.05) is 11.1 Å². The number of hydrogen-bond donors (Lipinski definition) is 2. The third kappa shape index (κ3) is 5.54. The molecule has 0 aliphatic rings. The molecule has 0 saturated heterocycles. The van der Waals surface area contributed by atoms with E-state index in [0.29, 0.717) is 10.7 Å². The number of hydrogen-bond acceptors (Lipinski definition) is 6. The summed E-state index contributed by atoms with van der Waals surface area (Å²) in [6.07, 6.45) is 0. The van der Waals surface area contributed by atoms with Gasteiger partial charge in [0, 0.05) is 5.56 Å². The molecule has 6 nitrogen and oxygen atoms in total. The van der Waals surface area contributed by atoms with Crippen LogP contribution in [0, 0.1) is 12.8 Å². The quantitative estimate of drug-likeness (QED) is 0.570. The summed E-state index contributed by atoms with van der Waals surface area (Å²) in [5.74, 6) is 0.271. The van der Waals surface area contributed by atoms with Crippen LogP contribution in [-0.2, 0) is 4.79 Å². The van der Waals surface area contributed by atoms with Crippen molar-refractivity contribution in [3.8, 4) is 0 Å². The summed E-state index contributed by atoms with van der Waals surface area (Å²) in [5.41, 5.74) is 1.53. The van der Waals surface area contributed by atoms with E-state index in [4.69, 9.17) is 0 Å². The van der Waals surface area contributed by atoms with Crippen LogP contribution < -0.4 is 10.6 Å². The Hall–Kier alpha value is -1.93. The van der Waals surface area contributed by atoms with Crippen LogP contribution in [0.3, 0.4) is 0 Å². The molecule has 1 aromatic carbocycles. The van der Waals surface area contributed by atoms with Crippen LogP contribution in [0.5, 0.6) is 0 Å². The van der Waals surface area contributed by atoms with Crippen LogP contribution >= 0.6 is 23.1 Å². The molecule has 0 saturated carbocycles. The zero-order valence-corrected chi connectivity index (χ0v) is 16.3. The summed E-state index contributed by atoms with van der Waals surface area (Å²) in [7, 11) is 0. The Bertz CT molecular complexity index is 746. The molecule has 1 heterocycles. The summed E-state index contributed by atoms with van der Waals surface area (Å²) in [6, 6.07) is 6.62. The highest BCUT2D eigenvalue weighted by Gasteiger charge is 2.25. The molecule has 1 unspecified atom stereocenters. The fraction of sp³-hybridized carbons (Fsp3) is 0.412. The summed E-state index contributed by atoms with van der Waals surface area (Å²) in [6.45, 7) is 7.73. The zero-order valence-electron chi connectivity index (χ0n) is 14.7. The molecule has 0 fully saturated rings. The SMILES string of the molecule is CCSc1nnc(NC(=O)C(NC(=O)c2cccc(C)c2)C(C)C)s1. The van der Waals surface area contributed by atoms with Crippen LogP contribution in [-0.4, -0.2) is 33.8 Å². The number of benzene rings is 1. The minimum absolute atomic E-state index is 0.0637. The van der Waals surface area contributed by atoms with Crippen LogP contribution in [0.2, 0.25) is 0 Å². The van der Waals surface area contributed by atoms with Gasteiger partial charge < -0.3 is 5.32 Å². The fourth-order valence-electron chi connectivity index (χ4n) is 2.17. The van der Waals surface area contributed by atoms with E-state index in [2.05, 4.69) is 20.8 Å². The van der Waals surface area contributed by atoms with Gasteiger partial charge >= 0.3 is 0 Å². The highest BCUT2D eigenvalue weighted by atomic mass is 32.2. The van der Waals surface area contributed by atoms with Crippen molar-refractivity contribution in [1.29, 1.82) is 0 Å². The van der Waals surface area contributed by atoms with Crippen molar-refractivity contribution in [2.24, 2.45) is 5.92 Å². The first-order valence-corrected chi connectivity index (χ1v) is 9.85. The molecule has 0 spiro atoms. The topological polar surface area (TPSA) is 84.0 Å². The minimum atomic E-state index is -0.654. The second-order valence-electron chi connectivity index (χ2n) is 5.86. The summed E-state index contributed by atoms with van der Waals surface area (Å²) >= 11 is 2.90. The highest BCUT2D eigenvalue weighted by molar-refractivity contribution is 8.01. The third-order valence-corrected chi connectivity index (χ3v) is 5.27. The number of thioether (sulfide) groups is 1. The Morgan fingerprint density at radius 2 is 2.04 bits per heavy atom. The molecule has 1 atom stereocenters. The molecule has 0 aliphatic heterocycles. The molecule has 0 bridgehead atoms. The molecule has 1 aromatic heterocycles.